The Kier molecular flexibility index (Phi) is 4.18. The van der Waals surface area contributed by atoms with Crippen LogP contribution in [-0.4, -0.2) is 22.1 Å². The van der Waals surface area contributed by atoms with Crippen molar-refractivity contribution in [3.8, 4) is 5.13 Å². The van der Waals surface area contributed by atoms with E-state index in [1.807, 2.05) is 22.8 Å². The fourth-order valence-electron chi connectivity index (χ4n) is 2.38. The lowest BCUT2D eigenvalue weighted by Gasteiger charge is -2.01. The van der Waals surface area contributed by atoms with E-state index in [9.17, 15) is 4.79 Å². The summed E-state index contributed by atoms with van der Waals surface area (Å²) in [5, 5.41) is 4.28. The molecule has 0 fully saturated rings. The summed E-state index contributed by atoms with van der Waals surface area (Å²) in [7, 11) is 0. The zero-order valence-corrected chi connectivity index (χ0v) is 13.9. The topological polar surface area (TPSA) is 44.1 Å². The maximum atomic E-state index is 11.8. The van der Waals surface area contributed by atoms with E-state index in [0.29, 0.717) is 17.3 Å². The first-order chi connectivity index (χ1) is 10.6. The van der Waals surface area contributed by atoms with Crippen molar-refractivity contribution < 1.29 is 9.53 Å². The molecular weight excluding hydrogens is 320 g/mol. The van der Waals surface area contributed by atoms with Crippen LogP contribution in [0.4, 0.5) is 0 Å². The van der Waals surface area contributed by atoms with Gasteiger partial charge in [-0.1, -0.05) is 24.6 Å². The van der Waals surface area contributed by atoms with Gasteiger partial charge in [-0.25, -0.2) is 9.78 Å². The van der Waals surface area contributed by atoms with Crippen LogP contribution in [0.25, 0.3) is 16.0 Å². The number of carbonyl (C=O) groups excluding carboxylic acids is 1. The van der Waals surface area contributed by atoms with Crippen molar-refractivity contribution in [3.05, 3.63) is 46.1 Å². The standard InChI is InChI=1S/C16H15ClN2O2S/c1-3-10-8-19(14-7-11(17)5-6-12(10)14)16-18-13(9-22-16)15(20)21-4-2/h5-9H,3-4H2,1-2H3. The number of thiazole rings is 1. The highest BCUT2D eigenvalue weighted by molar-refractivity contribution is 7.12. The van der Waals surface area contributed by atoms with Gasteiger partial charge in [0.05, 0.1) is 12.1 Å². The summed E-state index contributed by atoms with van der Waals surface area (Å²) in [4.78, 5) is 16.2. The molecule has 3 rings (SSSR count). The number of esters is 1. The van der Waals surface area contributed by atoms with Gasteiger partial charge in [0, 0.05) is 22.0 Å². The van der Waals surface area contributed by atoms with Crippen LogP contribution in [0.1, 0.15) is 29.9 Å². The van der Waals surface area contributed by atoms with Crippen LogP contribution in [0, 0.1) is 0 Å². The minimum absolute atomic E-state index is 0.337. The van der Waals surface area contributed by atoms with E-state index in [-0.39, 0.29) is 0 Å². The van der Waals surface area contributed by atoms with Crippen molar-refractivity contribution in [2.24, 2.45) is 0 Å². The molecule has 0 spiro atoms. The predicted molar refractivity (Wildman–Crippen MR) is 89.3 cm³/mol. The highest BCUT2D eigenvalue weighted by Crippen LogP contribution is 2.29. The van der Waals surface area contributed by atoms with Gasteiger partial charge in [0.2, 0.25) is 0 Å². The number of ether oxygens (including phenoxy) is 1. The van der Waals surface area contributed by atoms with Crippen LogP contribution >= 0.6 is 22.9 Å². The number of rotatable bonds is 4. The van der Waals surface area contributed by atoms with E-state index < -0.39 is 5.97 Å². The van der Waals surface area contributed by atoms with Crippen LogP contribution in [0.15, 0.2) is 29.8 Å². The summed E-state index contributed by atoms with van der Waals surface area (Å²) in [6.45, 7) is 4.23. The number of hydrogen-bond donors (Lipinski definition) is 0. The monoisotopic (exact) mass is 334 g/mol. The van der Waals surface area contributed by atoms with Crippen molar-refractivity contribution >= 4 is 39.8 Å². The molecule has 1 aromatic carbocycles. The molecule has 0 amide bonds. The van der Waals surface area contributed by atoms with Crippen LogP contribution in [0.2, 0.25) is 5.02 Å². The van der Waals surface area contributed by atoms with Gasteiger partial charge in [-0.2, -0.15) is 0 Å². The van der Waals surface area contributed by atoms with Gasteiger partial charge >= 0.3 is 5.97 Å². The molecule has 0 atom stereocenters. The van der Waals surface area contributed by atoms with E-state index in [4.69, 9.17) is 16.3 Å². The molecule has 0 saturated carbocycles. The van der Waals surface area contributed by atoms with Gasteiger partial charge in [0.25, 0.3) is 0 Å². The fourth-order valence-corrected chi connectivity index (χ4v) is 3.33. The van der Waals surface area contributed by atoms with Crippen molar-refractivity contribution in [1.29, 1.82) is 0 Å². The lowest BCUT2D eigenvalue weighted by Crippen LogP contribution is -2.05. The minimum Gasteiger partial charge on any atom is -0.461 e. The lowest BCUT2D eigenvalue weighted by molar-refractivity contribution is 0.0520. The maximum absolute atomic E-state index is 11.8. The van der Waals surface area contributed by atoms with E-state index in [2.05, 4.69) is 18.1 Å². The molecule has 114 valence electrons. The largest absolute Gasteiger partial charge is 0.461 e. The summed E-state index contributed by atoms with van der Waals surface area (Å²) in [6.07, 6.45) is 2.97. The fraction of sp³-hybridized carbons (Fsp3) is 0.250. The molecule has 2 heterocycles. The number of nitrogens with zero attached hydrogens (tertiary/aromatic N) is 2. The van der Waals surface area contributed by atoms with Gasteiger partial charge in [-0.15, -0.1) is 11.3 Å². The number of fused-ring (bicyclic) bond motifs is 1. The molecular formula is C16H15ClN2O2S. The summed E-state index contributed by atoms with van der Waals surface area (Å²) in [5.74, 6) is -0.393. The van der Waals surface area contributed by atoms with Crippen molar-refractivity contribution in [2.45, 2.75) is 20.3 Å². The van der Waals surface area contributed by atoms with Crippen molar-refractivity contribution in [3.63, 3.8) is 0 Å². The highest BCUT2D eigenvalue weighted by atomic mass is 35.5. The third-order valence-electron chi connectivity index (χ3n) is 3.41. The van der Waals surface area contributed by atoms with Gasteiger partial charge < -0.3 is 4.74 Å². The minimum atomic E-state index is -0.393. The van der Waals surface area contributed by atoms with E-state index >= 15 is 0 Å². The van der Waals surface area contributed by atoms with Gasteiger partial charge in [-0.3, -0.25) is 4.57 Å². The molecule has 0 N–H and O–H groups in total. The quantitative estimate of drug-likeness (QED) is 0.661. The molecule has 3 aromatic rings. The molecule has 0 aliphatic rings. The molecule has 0 bridgehead atoms. The third kappa shape index (κ3) is 2.62. The number of aryl methyl sites for hydroxylation is 1. The second kappa shape index (κ2) is 6.10. The number of benzene rings is 1. The molecule has 0 saturated heterocycles. The average Bonchev–Trinajstić information content (AvgIpc) is 3.11. The van der Waals surface area contributed by atoms with Crippen molar-refractivity contribution in [2.75, 3.05) is 6.61 Å². The average molecular weight is 335 g/mol. The number of halogens is 1. The van der Waals surface area contributed by atoms with Crippen LogP contribution in [-0.2, 0) is 11.2 Å². The zero-order chi connectivity index (χ0) is 15.7. The van der Waals surface area contributed by atoms with Crippen LogP contribution in [0.5, 0.6) is 0 Å². The van der Waals surface area contributed by atoms with Crippen LogP contribution < -0.4 is 0 Å². The Morgan fingerprint density at radius 2 is 2.23 bits per heavy atom. The molecule has 0 radical (unpaired) electrons. The van der Waals surface area contributed by atoms with E-state index in [1.54, 1.807) is 12.3 Å². The van der Waals surface area contributed by atoms with Gasteiger partial charge in [-0.05, 0) is 31.0 Å². The third-order valence-corrected chi connectivity index (χ3v) is 4.49. The molecule has 22 heavy (non-hydrogen) atoms. The molecule has 0 aliphatic heterocycles. The summed E-state index contributed by atoms with van der Waals surface area (Å²) in [5.41, 5.74) is 2.55. The van der Waals surface area contributed by atoms with Gasteiger partial charge in [0.1, 0.15) is 0 Å². The number of aromatic nitrogens is 2. The molecule has 4 nitrogen and oxygen atoms in total. The first kappa shape index (κ1) is 15.1. The van der Waals surface area contributed by atoms with E-state index in [0.717, 1.165) is 22.5 Å². The Bertz CT molecular complexity index is 838. The van der Waals surface area contributed by atoms with Gasteiger partial charge in [0.15, 0.2) is 10.8 Å². The Morgan fingerprint density at radius 3 is 2.95 bits per heavy atom. The second-order valence-electron chi connectivity index (χ2n) is 4.78. The smallest absolute Gasteiger partial charge is 0.357 e. The molecule has 6 heteroatoms. The number of hydrogen-bond acceptors (Lipinski definition) is 4. The second-order valence-corrected chi connectivity index (χ2v) is 6.05. The van der Waals surface area contributed by atoms with Crippen molar-refractivity contribution in [1.82, 2.24) is 9.55 Å². The molecule has 0 unspecified atom stereocenters. The predicted octanol–water partition coefficient (Wildman–Crippen LogP) is 4.48. The van der Waals surface area contributed by atoms with E-state index in [1.165, 1.54) is 16.9 Å². The first-order valence-electron chi connectivity index (χ1n) is 7.06. The molecule has 2 aromatic heterocycles. The Hall–Kier alpha value is -1.85. The lowest BCUT2D eigenvalue weighted by atomic mass is 10.1. The number of carbonyl (C=O) groups is 1. The normalized spacial score (nSPS) is 11.0. The Labute approximate surface area is 137 Å². The zero-order valence-electron chi connectivity index (χ0n) is 12.3. The molecule has 0 aliphatic carbocycles. The maximum Gasteiger partial charge on any atom is 0.357 e. The summed E-state index contributed by atoms with van der Waals surface area (Å²) < 4.78 is 6.96. The summed E-state index contributed by atoms with van der Waals surface area (Å²) >= 11 is 7.53. The first-order valence-corrected chi connectivity index (χ1v) is 8.32. The van der Waals surface area contributed by atoms with Crippen LogP contribution in [0.3, 0.4) is 0 Å². The summed E-state index contributed by atoms with van der Waals surface area (Å²) in [6, 6.07) is 5.83. The Balaban J connectivity index is 2.10. The Morgan fingerprint density at radius 1 is 1.41 bits per heavy atom. The SMILES string of the molecule is CCOC(=O)c1csc(-n2cc(CC)c3ccc(Cl)cc32)n1. The highest BCUT2D eigenvalue weighted by Gasteiger charge is 2.15.